The van der Waals surface area contributed by atoms with Crippen molar-refractivity contribution in [2.75, 3.05) is 25.7 Å². The summed E-state index contributed by atoms with van der Waals surface area (Å²) in [5.41, 5.74) is -0.176. The third-order valence-corrected chi connectivity index (χ3v) is 3.64. The highest BCUT2D eigenvalue weighted by Gasteiger charge is 2.19. The fourth-order valence-corrected chi connectivity index (χ4v) is 2.51. The second kappa shape index (κ2) is 7.61. The van der Waals surface area contributed by atoms with Gasteiger partial charge in [0.15, 0.2) is 0 Å². The maximum Gasteiger partial charge on any atom is 0.340 e. The number of halogens is 1. The van der Waals surface area contributed by atoms with Crippen molar-refractivity contribution in [2.45, 2.75) is 19.1 Å². The predicted molar refractivity (Wildman–Crippen MR) is 78.5 cm³/mol. The van der Waals surface area contributed by atoms with E-state index in [1.165, 1.54) is 19.2 Å². The number of hydrogen-bond acceptors (Lipinski definition) is 5. The summed E-state index contributed by atoms with van der Waals surface area (Å²) in [5, 5.41) is 13.0. The fraction of sp³-hybridized carbons (Fsp3) is 0.500. The first-order chi connectivity index (χ1) is 9.39. The number of methoxy groups -OCH3 is 1. The van der Waals surface area contributed by atoms with E-state index in [1.807, 2.05) is 6.26 Å². The van der Waals surface area contributed by atoms with Crippen LogP contribution in [0.25, 0.3) is 0 Å². The summed E-state index contributed by atoms with van der Waals surface area (Å²) >= 11 is 1.56. The molecule has 20 heavy (non-hydrogen) atoms. The van der Waals surface area contributed by atoms with Gasteiger partial charge in [-0.2, -0.15) is 11.8 Å². The summed E-state index contributed by atoms with van der Waals surface area (Å²) in [7, 11) is 1.21. The molecule has 0 saturated heterocycles. The van der Waals surface area contributed by atoms with Crippen molar-refractivity contribution < 1.29 is 19.0 Å². The molecule has 0 radical (unpaired) electrons. The van der Waals surface area contributed by atoms with E-state index in [0.717, 1.165) is 0 Å². The Morgan fingerprint density at radius 3 is 2.80 bits per heavy atom. The first kappa shape index (κ1) is 16.9. The third kappa shape index (κ3) is 5.11. The van der Waals surface area contributed by atoms with Crippen LogP contribution in [0, 0.1) is 5.82 Å². The van der Waals surface area contributed by atoms with Crippen molar-refractivity contribution in [2.24, 2.45) is 0 Å². The van der Waals surface area contributed by atoms with Crippen LogP contribution in [0.2, 0.25) is 0 Å². The smallest absolute Gasteiger partial charge is 0.340 e. The van der Waals surface area contributed by atoms with Crippen LogP contribution in [0.5, 0.6) is 0 Å². The van der Waals surface area contributed by atoms with Crippen molar-refractivity contribution in [1.82, 2.24) is 5.32 Å². The molecular formula is C14H20FNO3S. The lowest BCUT2D eigenvalue weighted by atomic mass is 10.1. The van der Waals surface area contributed by atoms with Gasteiger partial charge in [0.05, 0.1) is 18.3 Å². The van der Waals surface area contributed by atoms with Crippen molar-refractivity contribution in [1.29, 1.82) is 0 Å². The van der Waals surface area contributed by atoms with Gasteiger partial charge in [-0.25, -0.2) is 9.18 Å². The lowest BCUT2D eigenvalue weighted by Crippen LogP contribution is -2.39. The predicted octanol–water partition coefficient (Wildman–Crippen LogP) is 1.82. The number of rotatable bonds is 7. The molecular weight excluding hydrogens is 281 g/mol. The molecule has 0 aliphatic carbocycles. The summed E-state index contributed by atoms with van der Waals surface area (Å²) in [6.07, 6.45) is 1.93. The number of benzene rings is 1. The second-order valence-corrected chi connectivity index (χ2v) is 5.71. The van der Waals surface area contributed by atoms with Gasteiger partial charge in [0, 0.05) is 18.8 Å². The van der Waals surface area contributed by atoms with Crippen molar-refractivity contribution in [3.63, 3.8) is 0 Å². The molecule has 4 nitrogen and oxygen atoms in total. The molecule has 0 aromatic heterocycles. The van der Waals surface area contributed by atoms with Crippen molar-refractivity contribution in [3.05, 3.63) is 35.1 Å². The molecule has 0 fully saturated rings. The van der Waals surface area contributed by atoms with Crippen LogP contribution in [-0.4, -0.2) is 42.3 Å². The summed E-state index contributed by atoms with van der Waals surface area (Å²) < 4.78 is 18.2. The van der Waals surface area contributed by atoms with Crippen molar-refractivity contribution >= 4 is 17.7 Å². The number of thioether (sulfide) groups is 1. The van der Waals surface area contributed by atoms with Crippen LogP contribution >= 0.6 is 11.8 Å². The average Bonchev–Trinajstić information content (AvgIpc) is 2.37. The number of ether oxygens (including phenoxy) is 1. The largest absolute Gasteiger partial charge is 0.465 e. The molecule has 1 aromatic rings. The average molecular weight is 301 g/mol. The van der Waals surface area contributed by atoms with Gasteiger partial charge in [-0.15, -0.1) is 0 Å². The van der Waals surface area contributed by atoms with Crippen LogP contribution in [0.3, 0.4) is 0 Å². The van der Waals surface area contributed by atoms with E-state index in [9.17, 15) is 14.3 Å². The highest BCUT2D eigenvalue weighted by molar-refractivity contribution is 7.98. The SMILES string of the molecule is COC(=O)c1ccc(CNCC(C)(O)CSC)cc1F. The van der Waals surface area contributed by atoms with E-state index in [1.54, 1.807) is 24.8 Å². The van der Waals surface area contributed by atoms with E-state index < -0.39 is 17.4 Å². The van der Waals surface area contributed by atoms with Gasteiger partial charge < -0.3 is 15.2 Å². The first-order valence-corrected chi connectivity index (χ1v) is 7.58. The third-order valence-electron chi connectivity index (χ3n) is 2.73. The molecule has 0 spiro atoms. The molecule has 0 bridgehead atoms. The summed E-state index contributed by atoms with van der Waals surface area (Å²) in [5.74, 6) is -0.674. The van der Waals surface area contributed by atoms with E-state index in [-0.39, 0.29) is 5.56 Å². The summed E-state index contributed by atoms with van der Waals surface area (Å²) in [6, 6.07) is 4.35. The van der Waals surface area contributed by atoms with E-state index in [0.29, 0.717) is 24.4 Å². The Kier molecular flexibility index (Phi) is 6.45. The molecule has 2 N–H and O–H groups in total. The zero-order valence-electron chi connectivity index (χ0n) is 11.9. The molecule has 1 rings (SSSR count). The molecule has 0 aliphatic rings. The number of aliphatic hydroxyl groups is 1. The number of carbonyl (C=O) groups is 1. The molecule has 0 amide bonds. The Morgan fingerprint density at radius 2 is 2.25 bits per heavy atom. The Morgan fingerprint density at radius 1 is 1.55 bits per heavy atom. The second-order valence-electron chi connectivity index (χ2n) is 4.84. The van der Waals surface area contributed by atoms with E-state index >= 15 is 0 Å². The standard InChI is InChI=1S/C14H20FNO3S/c1-14(18,9-20-3)8-16-7-10-4-5-11(12(15)6-10)13(17)19-2/h4-6,16,18H,7-9H2,1-3H3. The van der Waals surface area contributed by atoms with Gasteiger partial charge in [-0.05, 0) is 30.9 Å². The van der Waals surface area contributed by atoms with Gasteiger partial charge >= 0.3 is 5.97 Å². The number of hydrogen-bond donors (Lipinski definition) is 2. The molecule has 0 saturated carbocycles. The van der Waals surface area contributed by atoms with Crippen molar-refractivity contribution in [3.8, 4) is 0 Å². The Bertz CT molecular complexity index is 466. The molecule has 1 atom stereocenters. The molecule has 1 aromatic carbocycles. The number of nitrogens with one attached hydrogen (secondary N) is 1. The monoisotopic (exact) mass is 301 g/mol. The Hall–Kier alpha value is -1.11. The highest BCUT2D eigenvalue weighted by atomic mass is 32.2. The van der Waals surface area contributed by atoms with Crippen LogP contribution in [0.1, 0.15) is 22.8 Å². The van der Waals surface area contributed by atoms with Crippen LogP contribution in [0.4, 0.5) is 4.39 Å². The van der Waals surface area contributed by atoms with Crippen LogP contribution in [-0.2, 0) is 11.3 Å². The van der Waals surface area contributed by atoms with Gasteiger partial charge in [-0.1, -0.05) is 6.07 Å². The zero-order valence-corrected chi connectivity index (χ0v) is 12.7. The maximum absolute atomic E-state index is 13.7. The van der Waals surface area contributed by atoms with Gasteiger partial charge in [0.2, 0.25) is 0 Å². The van der Waals surface area contributed by atoms with Crippen LogP contribution < -0.4 is 5.32 Å². The number of carbonyl (C=O) groups excluding carboxylic acids is 1. The lowest BCUT2D eigenvalue weighted by Gasteiger charge is -2.22. The molecule has 112 valence electrons. The van der Waals surface area contributed by atoms with Gasteiger partial charge in [0.1, 0.15) is 5.82 Å². The molecule has 0 heterocycles. The highest BCUT2D eigenvalue weighted by Crippen LogP contribution is 2.13. The summed E-state index contributed by atoms with van der Waals surface area (Å²) in [4.78, 5) is 11.2. The topological polar surface area (TPSA) is 58.6 Å². The zero-order chi connectivity index (χ0) is 15.2. The number of esters is 1. The molecule has 0 aliphatic heterocycles. The van der Waals surface area contributed by atoms with Crippen LogP contribution in [0.15, 0.2) is 18.2 Å². The Labute approximate surface area is 122 Å². The minimum Gasteiger partial charge on any atom is -0.465 e. The fourth-order valence-electron chi connectivity index (χ4n) is 1.78. The summed E-state index contributed by atoms with van der Waals surface area (Å²) in [6.45, 7) is 2.58. The minimum absolute atomic E-state index is 0.0781. The molecule has 6 heteroatoms. The Balaban J connectivity index is 2.58. The normalized spacial score (nSPS) is 13.8. The van der Waals surface area contributed by atoms with Gasteiger partial charge in [-0.3, -0.25) is 0 Å². The lowest BCUT2D eigenvalue weighted by molar-refractivity contribution is 0.0595. The van der Waals surface area contributed by atoms with E-state index in [2.05, 4.69) is 10.1 Å². The van der Waals surface area contributed by atoms with E-state index in [4.69, 9.17) is 0 Å². The first-order valence-electron chi connectivity index (χ1n) is 6.18. The quantitative estimate of drug-likeness (QED) is 0.752. The molecule has 1 unspecified atom stereocenters. The van der Waals surface area contributed by atoms with Gasteiger partial charge in [0.25, 0.3) is 0 Å². The maximum atomic E-state index is 13.7. The minimum atomic E-state index is -0.802.